The summed E-state index contributed by atoms with van der Waals surface area (Å²) < 4.78 is 4.66. The zero-order valence-corrected chi connectivity index (χ0v) is 26.4. The predicted molar refractivity (Wildman–Crippen MR) is 199 cm³/mol. The van der Waals surface area contributed by atoms with Gasteiger partial charge in [-0.1, -0.05) is 127 Å². The summed E-state index contributed by atoms with van der Waals surface area (Å²) in [6, 6.07) is 50.5. The van der Waals surface area contributed by atoms with Crippen LogP contribution in [0.15, 0.2) is 152 Å². The van der Waals surface area contributed by atoms with E-state index in [0.29, 0.717) is 17.6 Å². The molecule has 4 aromatic heterocycles. The van der Waals surface area contributed by atoms with Crippen molar-refractivity contribution in [2.75, 3.05) is 0 Å². The number of fused-ring (bicyclic) bond motifs is 9. The van der Waals surface area contributed by atoms with Crippen molar-refractivity contribution in [2.24, 2.45) is 0 Å². The summed E-state index contributed by atoms with van der Waals surface area (Å²) in [5, 5.41) is 5.93. The average molecular weight is 632 g/mol. The molecule has 6 heteroatoms. The quantitative estimate of drug-likeness (QED) is 0.194. The molecule has 0 aliphatic rings. The van der Waals surface area contributed by atoms with Crippen molar-refractivity contribution >= 4 is 64.2 Å². The Hall–Kier alpha value is -6.24. The highest BCUT2D eigenvalue weighted by Gasteiger charge is 2.22. The third kappa shape index (κ3) is 4.10. The molecule has 0 saturated carbocycles. The molecular weight excluding hydrogens is 607 g/mol. The van der Waals surface area contributed by atoms with Crippen molar-refractivity contribution in [2.45, 2.75) is 0 Å². The first kappa shape index (κ1) is 26.9. The van der Waals surface area contributed by atoms with Gasteiger partial charge in [-0.2, -0.15) is 9.97 Å². The average Bonchev–Trinajstić information content (AvgIpc) is 3.72. The molecular formula is C42H25N5S. The van der Waals surface area contributed by atoms with Crippen LogP contribution in [0.4, 0.5) is 0 Å². The lowest BCUT2D eigenvalue weighted by molar-refractivity contribution is 0.955. The van der Waals surface area contributed by atoms with Crippen molar-refractivity contribution in [3.05, 3.63) is 152 Å². The molecule has 0 fully saturated rings. The fraction of sp³-hybridized carbons (Fsp3) is 0. The molecule has 0 bridgehead atoms. The zero-order valence-electron chi connectivity index (χ0n) is 25.6. The van der Waals surface area contributed by atoms with Crippen LogP contribution in [0.3, 0.4) is 0 Å². The summed E-state index contributed by atoms with van der Waals surface area (Å²) in [5.41, 5.74) is 7.39. The molecule has 224 valence electrons. The predicted octanol–water partition coefficient (Wildman–Crippen LogP) is 10.9. The lowest BCUT2D eigenvalue weighted by Crippen LogP contribution is -2.06. The Morgan fingerprint density at radius 2 is 1.04 bits per heavy atom. The normalized spacial score (nSPS) is 11.8. The van der Waals surface area contributed by atoms with Crippen molar-refractivity contribution in [1.82, 2.24) is 24.5 Å². The van der Waals surface area contributed by atoms with Gasteiger partial charge in [0.1, 0.15) is 0 Å². The molecule has 0 saturated heterocycles. The van der Waals surface area contributed by atoms with Gasteiger partial charge in [0.2, 0.25) is 5.95 Å². The van der Waals surface area contributed by atoms with Crippen molar-refractivity contribution in [3.8, 4) is 39.9 Å². The van der Waals surface area contributed by atoms with Gasteiger partial charge >= 0.3 is 0 Å². The summed E-state index contributed by atoms with van der Waals surface area (Å²) in [6.07, 6.45) is 1.91. The third-order valence-electron chi connectivity index (χ3n) is 9.12. The van der Waals surface area contributed by atoms with E-state index in [1.54, 1.807) is 0 Å². The Bertz CT molecular complexity index is 2770. The minimum atomic E-state index is 0.593. The fourth-order valence-electron chi connectivity index (χ4n) is 6.94. The number of hydrogen-bond acceptors (Lipinski definition) is 5. The van der Waals surface area contributed by atoms with E-state index in [9.17, 15) is 0 Å². The van der Waals surface area contributed by atoms with E-state index in [2.05, 4.69) is 89.5 Å². The molecule has 0 radical (unpaired) electrons. The summed E-state index contributed by atoms with van der Waals surface area (Å²) in [5.74, 6) is 1.87. The number of aromatic nitrogens is 5. The minimum absolute atomic E-state index is 0.593. The molecule has 0 amide bonds. The van der Waals surface area contributed by atoms with Crippen LogP contribution in [-0.2, 0) is 0 Å². The molecule has 5 nitrogen and oxygen atoms in total. The number of para-hydroxylation sites is 1. The van der Waals surface area contributed by atoms with Gasteiger partial charge in [-0.05, 0) is 29.3 Å². The highest BCUT2D eigenvalue weighted by molar-refractivity contribution is 7.27. The van der Waals surface area contributed by atoms with Crippen LogP contribution in [0.2, 0.25) is 0 Å². The molecule has 10 aromatic rings. The van der Waals surface area contributed by atoms with Crippen LogP contribution >= 0.6 is 11.3 Å². The largest absolute Gasteiger partial charge is 0.276 e. The highest BCUT2D eigenvalue weighted by atomic mass is 32.1. The first-order chi connectivity index (χ1) is 23.8. The smallest absolute Gasteiger partial charge is 0.238 e. The lowest BCUT2D eigenvalue weighted by Gasteiger charge is -2.11. The molecule has 0 aliphatic heterocycles. The molecule has 48 heavy (non-hydrogen) atoms. The summed E-state index contributed by atoms with van der Waals surface area (Å²) >= 11 is 1.82. The van der Waals surface area contributed by atoms with E-state index < -0.39 is 0 Å². The van der Waals surface area contributed by atoms with E-state index in [1.807, 2.05) is 78.2 Å². The Balaban J connectivity index is 1.34. The van der Waals surface area contributed by atoms with Gasteiger partial charge < -0.3 is 0 Å². The number of nitrogens with zero attached hydrogens (tertiary/aromatic N) is 5. The molecule has 0 unspecified atom stereocenters. The molecule has 0 atom stereocenters. The molecule has 4 heterocycles. The maximum atomic E-state index is 5.17. The van der Waals surface area contributed by atoms with Crippen LogP contribution in [-0.4, -0.2) is 24.5 Å². The van der Waals surface area contributed by atoms with Gasteiger partial charge in [0.15, 0.2) is 11.6 Å². The number of hydrogen-bond donors (Lipinski definition) is 0. The van der Waals surface area contributed by atoms with Crippen LogP contribution in [0, 0.1) is 0 Å². The number of rotatable bonds is 4. The van der Waals surface area contributed by atoms with Gasteiger partial charge in [0.25, 0.3) is 0 Å². The second-order valence-electron chi connectivity index (χ2n) is 11.9. The van der Waals surface area contributed by atoms with E-state index >= 15 is 0 Å². The Kier molecular flexibility index (Phi) is 5.98. The highest BCUT2D eigenvalue weighted by Crippen LogP contribution is 2.46. The Labute approximate surface area is 279 Å². The molecule has 6 aromatic carbocycles. The second kappa shape index (κ2) is 10.7. The van der Waals surface area contributed by atoms with Crippen LogP contribution in [0.5, 0.6) is 0 Å². The van der Waals surface area contributed by atoms with Crippen LogP contribution in [0.1, 0.15) is 0 Å². The summed E-state index contributed by atoms with van der Waals surface area (Å²) in [6.45, 7) is 0. The number of pyridine rings is 1. The number of thiophene rings is 1. The van der Waals surface area contributed by atoms with Gasteiger partial charge in [-0.25, -0.2) is 4.98 Å². The summed E-state index contributed by atoms with van der Waals surface area (Å²) in [4.78, 5) is 20.1. The molecule has 10 rings (SSSR count). The molecule has 0 aliphatic carbocycles. The minimum Gasteiger partial charge on any atom is -0.276 e. The SMILES string of the molecule is c1ccc(-c2nc(-c3ccccc3)nc(-n3c4ccccc4c4ccc5c6ccc7nccc(-c8ccccc8)c7c6sc5c43)n2)cc1. The zero-order chi connectivity index (χ0) is 31.6. The van der Waals surface area contributed by atoms with Crippen molar-refractivity contribution in [3.63, 3.8) is 0 Å². The fourth-order valence-corrected chi connectivity index (χ4v) is 8.34. The first-order valence-electron chi connectivity index (χ1n) is 15.9. The van der Waals surface area contributed by atoms with E-state index in [0.717, 1.165) is 33.1 Å². The van der Waals surface area contributed by atoms with Crippen molar-refractivity contribution in [1.29, 1.82) is 0 Å². The molecule has 0 N–H and O–H groups in total. The van der Waals surface area contributed by atoms with Gasteiger partial charge in [-0.3, -0.25) is 9.55 Å². The Morgan fingerprint density at radius 3 is 1.75 bits per heavy atom. The topological polar surface area (TPSA) is 56.5 Å². The van der Waals surface area contributed by atoms with Crippen molar-refractivity contribution < 1.29 is 0 Å². The van der Waals surface area contributed by atoms with E-state index in [1.165, 1.54) is 42.1 Å². The van der Waals surface area contributed by atoms with E-state index in [-0.39, 0.29) is 0 Å². The van der Waals surface area contributed by atoms with Gasteiger partial charge in [-0.15, -0.1) is 11.3 Å². The lowest BCUT2D eigenvalue weighted by atomic mass is 9.99. The Morgan fingerprint density at radius 1 is 0.458 bits per heavy atom. The maximum absolute atomic E-state index is 5.17. The second-order valence-corrected chi connectivity index (χ2v) is 12.9. The third-order valence-corrected chi connectivity index (χ3v) is 10.4. The van der Waals surface area contributed by atoms with Crippen LogP contribution < -0.4 is 0 Å². The maximum Gasteiger partial charge on any atom is 0.238 e. The summed E-state index contributed by atoms with van der Waals surface area (Å²) in [7, 11) is 0. The first-order valence-corrected chi connectivity index (χ1v) is 16.7. The number of benzene rings is 6. The van der Waals surface area contributed by atoms with Crippen LogP contribution in [0.25, 0.3) is 92.7 Å². The standard InChI is InChI=1S/C42H25N5S/c1-4-12-26(13-5-1)29-24-25-43-34-23-22-32-33-21-20-31-30-18-10-11-19-35(30)47(37(31)39(33)48-38(32)36(29)34)42-45-40(27-14-6-2-7-15-27)44-41(46-42)28-16-8-3-9-17-28/h1-25H. The molecule has 0 spiro atoms. The van der Waals surface area contributed by atoms with Gasteiger partial charge in [0, 0.05) is 49.0 Å². The monoisotopic (exact) mass is 631 g/mol. The van der Waals surface area contributed by atoms with E-state index in [4.69, 9.17) is 19.9 Å². The van der Waals surface area contributed by atoms with Gasteiger partial charge in [0.05, 0.1) is 21.3 Å².